The molecule has 62 valence electrons. The highest BCUT2D eigenvalue weighted by atomic mass is 14.7. The van der Waals surface area contributed by atoms with E-state index in [-0.39, 0.29) is 5.54 Å². The van der Waals surface area contributed by atoms with Crippen LogP contribution < -0.4 is 5.73 Å². The van der Waals surface area contributed by atoms with Gasteiger partial charge in [-0.05, 0) is 31.5 Å². The van der Waals surface area contributed by atoms with E-state index >= 15 is 0 Å². The van der Waals surface area contributed by atoms with Gasteiger partial charge in [-0.3, -0.25) is 0 Å². The molecule has 0 saturated carbocycles. The molecule has 0 spiro atoms. The van der Waals surface area contributed by atoms with Gasteiger partial charge in [0.25, 0.3) is 0 Å². The van der Waals surface area contributed by atoms with Crippen LogP contribution in [0.4, 0.5) is 0 Å². The van der Waals surface area contributed by atoms with Gasteiger partial charge in [0.05, 0.1) is 0 Å². The lowest BCUT2D eigenvalue weighted by Gasteiger charge is -2.18. The molecular formula is C11H13N. The molecular weight excluding hydrogens is 146 g/mol. The van der Waals surface area contributed by atoms with E-state index in [1.165, 1.54) is 0 Å². The van der Waals surface area contributed by atoms with Crippen LogP contribution in [0.15, 0.2) is 24.3 Å². The van der Waals surface area contributed by atoms with Crippen molar-refractivity contribution < 1.29 is 0 Å². The summed E-state index contributed by atoms with van der Waals surface area (Å²) >= 11 is 0. The number of hydrogen-bond donors (Lipinski definition) is 1. The van der Waals surface area contributed by atoms with Crippen molar-refractivity contribution in [3.8, 4) is 12.3 Å². The normalized spacial score (nSPS) is 10.8. The maximum atomic E-state index is 5.91. The first-order valence-electron chi connectivity index (χ1n) is 3.90. The van der Waals surface area contributed by atoms with Crippen LogP contribution in [0.1, 0.15) is 25.0 Å². The van der Waals surface area contributed by atoms with Crippen LogP contribution in [0.3, 0.4) is 0 Å². The van der Waals surface area contributed by atoms with Crippen molar-refractivity contribution in [3.05, 3.63) is 35.4 Å². The zero-order valence-corrected chi connectivity index (χ0v) is 7.46. The Labute approximate surface area is 73.6 Å². The number of nitrogens with two attached hydrogens (primary N) is 1. The summed E-state index contributed by atoms with van der Waals surface area (Å²) in [6.45, 7) is 3.92. The highest BCUT2D eigenvalue weighted by Crippen LogP contribution is 2.17. The van der Waals surface area contributed by atoms with E-state index in [9.17, 15) is 0 Å². The van der Waals surface area contributed by atoms with Crippen molar-refractivity contribution in [2.45, 2.75) is 19.4 Å². The van der Waals surface area contributed by atoms with Gasteiger partial charge in [0, 0.05) is 11.1 Å². The van der Waals surface area contributed by atoms with Crippen LogP contribution in [0.5, 0.6) is 0 Å². The van der Waals surface area contributed by atoms with Gasteiger partial charge in [-0.25, -0.2) is 0 Å². The molecule has 0 aliphatic rings. The average Bonchev–Trinajstić information content (AvgIpc) is 2.03. The fourth-order valence-corrected chi connectivity index (χ4v) is 1.01. The summed E-state index contributed by atoms with van der Waals surface area (Å²) in [4.78, 5) is 0. The van der Waals surface area contributed by atoms with Crippen molar-refractivity contribution in [1.82, 2.24) is 0 Å². The lowest BCUT2D eigenvalue weighted by molar-refractivity contribution is 0.554. The molecule has 0 unspecified atom stereocenters. The second-order valence-corrected chi connectivity index (χ2v) is 3.45. The molecule has 1 heteroatoms. The minimum absolute atomic E-state index is 0.313. The Bertz CT molecular complexity index is 313. The molecule has 0 atom stereocenters. The topological polar surface area (TPSA) is 26.0 Å². The Morgan fingerprint density at radius 1 is 1.42 bits per heavy atom. The fraction of sp³-hybridized carbons (Fsp3) is 0.273. The van der Waals surface area contributed by atoms with E-state index in [2.05, 4.69) is 5.92 Å². The van der Waals surface area contributed by atoms with E-state index in [1.54, 1.807) is 0 Å². The predicted octanol–water partition coefficient (Wildman–Crippen LogP) is 1.86. The largest absolute Gasteiger partial charge is 0.322 e. The Balaban J connectivity index is 3.13. The minimum atomic E-state index is -0.313. The fourth-order valence-electron chi connectivity index (χ4n) is 1.01. The van der Waals surface area contributed by atoms with Gasteiger partial charge < -0.3 is 5.73 Å². The molecule has 0 saturated heterocycles. The lowest BCUT2D eigenvalue weighted by Crippen LogP contribution is -2.28. The van der Waals surface area contributed by atoms with Crippen LogP contribution >= 0.6 is 0 Å². The highest BCUT2D eigenvalue weighted by molar-refractivity contribution is 5.37. The Morgan fingerprint density at radius 2 is 2.08 bits per heavy atom. The molecule has 1 aromatic carbocycles. The van der Waals surface area contributed by atoms with Gasteiger partial charge in [-0.15, -0.1) is 6.42 Å². The molecule has 1 rings (SSSR count). The third-order valence-corrected chi connectivity index (χ3v) is 1.77. The Morgan fingerprint density at radius 3 is 2.58 bits per heavy atom. The smallest absolute Gasteiger partial charge is 0.0352 e. The highest BCUT2D eigenvalue weighted by Gasteiger charge is 2.13. The van der Waals surface area contributed by atoms with Gasteiger partial charge in [-0.2, -0.15) is 0 Å². The maximum Gasteiger partial charge on any atom is 0.0352 e. The summed E-state index contributed by atoms with van der Waals surface area (Å²) in [5.41, 5.74) is 7.55. The van der Waals surface area contributed by atoms with Crippen molar-refractivity contribution in [2.75, 3.05) is 0 Å². The molecule has 2 N–H and O–H groups in total. The minimum Gasteiger partial charge on any atom is -0.322 e. The zero-order valence-electron chi connectivity index (χ0n) is 7.46. The van der Waals surface area contributed by atoms with Gasteiger partial charge in [0.2, 0.25) is 0 Å². The molecule has 0 aliphatic carbocycles. The molecule has 0 aromatic heterocycles. The SMILES string of the molecule is C#Cc1cccc(C(C)(C)N)c1. The van der Waals surface area contributed by atoms with Crippen molar-refractivity contribution >= 4 is 0 Å². The molecule has 0 heterocycles. The van der Waals surface area contributed by atoms with Crippen molar-refractivity contribution in [3.63, 3.8) is 0 Å². The van der Waals surface area contributed by atoms with E-state index in [0.29, 0.717) is 0 Å². The second-order valence-electron chi connectivity index (χ2n) is 3.45. The summed E-state index contributed by atoms with van der Waals surface area (Å²) in [6, 6.07) is 7.76. The zero-order chi connectivity index (χ0) is 9.19. The van der Waals surface area contributed by atoms with Gasteiger partial charge >= 0.3 is 0 Å². The molecule has 0 fully saturated rings. The Hall–Kier alpha value is -1.26. The molecule has 0 radical (unpaired) electrons. The predicted molar refractivity (Wildman–Crippen MR) is 51.6 cm³/mol. The molecule has 0 aliphatic heterocycles. The van der Waals surface area contributed by atoms with Crippen LogP contribution in [0, 0.1) is 12.3 Å². The molecule has 0 bridgehead atoms. The number of hydrogen-bond acceptors (Lipinski definition) is 1. The standard InChI is InChI=1S/C11H13N/c1-4-9-6-5-7-10(8-9)11(2,3)12/h1,5-8H,12H2,2-3H3. The summed E-state index contributed by atoms with van der Waals surface area (Å²) in [7, 11) is 0. The first-order chi connectivity index (χ1) is 5.54. The van der Waals surface area contributed by atoms with Gasteiger partial charge in [0.1, 0.15) is 0 Å². The van der Waals surface area contributed by atoms with E-state index in [4.69, 9.17) is 12.2 Å². The summed E-state index contributed by atoms with van der Waals surface area (Å²) < 4.78 is 0. The molecule has 1 aromatic rings. The quantitative estimate of drug-likeness (QED) is 0.622. The molecule has 12 heavy (non-hydrogen) atoms. The Kier molecular flexibility index (Phi) is 2.21. The van der Waals surface area contributed by atoms with E-state index < -0.39 is 0 Å². The van der Waals surface area contributed by atoms with Crippen molar-refractivity contribution in [1.29, 1.82) is 0 Å². The summed E-state index contributed by atoms with van der Waals surface area (Å²) in [5.74, 6) is 2.58. The third kappa shape index (κ3) is 1.87. The number of rotatable bonds is 1. The first-order valence-corrected chi connectivity index (χ1v) is 3.90. The summed E-state index contributed by atoms with van der Waals surface area (Å²) in [5, 5.41) is 0. The van der Waals surface area contributed by atoms with Gasteiger partial charge in [-0.1, -0.05) is 18.1 Å². The van der Waals surface area contributed by atoms with E-state index in [0.717, 1.165) is 11.1 Å². The van der Waals surface area contributed by atoms with Crippen LogP contribution in [-0.2, 0) is 5.54 Å². The third-order valence-electron chi connectivity index (χ3n) is 1.77. The lowest BCUT2D eigenvalue weighted by atomic mass is 9.94. The number of benzene rings is 1. The van der Waals surface area contributed by atoms with Crippen molar-refractivity contribution in [2.24, 2.45) is 5.73 Å². The van der Waals surface area contributed by atoms with Gasteiger partial charge in [0.15, 0.2) is 0 Å². The van der Waals surface area contributed by atoms with Crippen LogP contribution in [0.2, 0.25) is 0 Å². The number of terminal acetylenes is 1. The first kappa shape index (κ1) is 8.83. The molecule has 0 amide bonds. The molecule has 1 nitrogen and oxygen atoms in total. The average molecular weight is 159 g/mol. The maximum absolute atomic E-state index is 5.91. The second kappa shape index (κ2) is 3.00. The monoisotopic (exact) mass is 159 g/mol. The van der Waals surface area contributed by atoms with E-state index in [1.807, 2.05) is 38.1 Å². The van der Waals surface area contributed by atoms with Crippen LogP contribution in [0.25, 0.3) is 0 Å². The summed E-state index contributed by atoms with van der Waals surface area (Å²) in [6.07, 6.45) is 5.27. The van der Waals surface area contributed by atoms with Crippen LogP contribution in [-0.4, -0.2) is 0 Å².